The van der Waals surface area contributed by atoms with Gasteiger partial charge in [0.25, 0.3) is 0 Å². The minimum Gasteiger partial charge on any atom is -0.392 e. The van der Waals surface area contributed by atoms with Gasteiger partial charge in [-0.25, -0.2) is 0 Å². The van der Waals surface area contributed by atoms with Crippen molar-refractivity contribution in [1.82, 2.24) is 4.90 Å². The standard InChI is InChI=1S/C12H25NO/c1-4-12(14)10(2)13(3)11-8-6-5-7-9-11/h10-12,14H,4-9H2,1-3H3. The van der Waals surface area contributed by atoms with Crippen LogP contribution in [0.5, 0.6) is 0 Å². The summed E-state index contributed by atoms with van der Waals surface area (Å²) in [6.07, 6.45) is 7.46. The Kier molecular flexibility index (Phi) is 4.90. The van der Waals surface area contributed by atoms with Gasteiger partial charge < -0.3 is 5.11 Å². The molecule has 0 heterocycles. The van der Waals surface area contributed by atoms with Gasteiger partial charge in [-0.3, -0.25) is 4.90 Å². The molecule has 0 bridgehead atoms. The van der Waals surface area contributed by atoms with Crippen LogP contribution in [0.15, 0.2) is 0 Å². The average Bonchev–Trinajstić information content (AvgIpc) is 2.27. The fourth-order valence-corrected chi connectivity index (χ4v) is 2.43. The van der Waals surface area contributed by atoms with Crippen molar-refractivity contribution in [2.45, 2.75) is 70.6 Å². The maximum Gasteiger partial charge on any atom is 0.0690 e. The highest BCUT2D eigenvalue weighted by molar-refractivity contribution is 4.80. The summed E-state index contributed by atoms with van der Waals surface area (Å²) >= 11 is 0. The normalized spacial score (nSPS) is 23.8. The summed E-state index contributed by atoms with van der Waals surface area (Å²) in [5.41, 5.74) is 0. The molecule has 0 spiro atoms. The van der Waals surface area contributed by atoms with Gasteiger partial charge in [0.2, 0.25) is 0 Å². The fourth-order valence-electron chi connectivity index (χ4n) is 2.43. The average molecular weight is 199 g/mol. The number of hydrogen-bond acceptors (Lipinski definition) is 2. The van der Waals surface area contributed by atoms with Gasteiger partial charge in [0, 0.05) is 12.1 Å². The highest BCUT2D eigenvalue weighted by Gasteiger charge is 2.25. The van der Waals surface area contributed by atoms with Crippen LogP contribution in [-0.4, -0.2) is 35.2 Å². The van der Waals surface area contributed by atoms with Crippen molar-refractivity contribution < 1.29 is 5.11 Å². The molecule has 0 aliphatic heterocycles. The largest absolute Gasteiger partial charge is 0.392 e. The van der Waals surface area contributed by atoms with Gasteiger partial charge in [-0.15, -0.1) is 0 Å². The summed E-state index contributed by atoms with van der Waals surface area (Å²) in [6, 6.07) is 1.02. The Hall–Kier alpha value is -0.0800. The highest BCUT2D eigenvalue weighted by Crippen LogP contribution is 2.23. The molecule has 2 atom stereocenters. The van der Waals surface area contributed by atoms with Crippen LogP contribution in [0.1, 0.15) is 52.4 Å². The first-order valence-electron chi connectivity index (χ1n) is 6.06. The lowest BCUT2D eigenvalue weighted by atomic mass is 9.93. The van der Waals surface area contributed by atoms with Crippen molar-refractivity contribution >= 4 is 0 Å². The van der Waals surface area contributed by atoms with E-state index >= 15 is 0 Å². The zero-order valence-corrected chi connectivity index (χ0v) is 9.87. The van der Waals surface area contributed by atoms with Crippen molar-refractivity contribution in [3.8, 4) is 0 Å². The lowest BCUT2D eigenvalue weighted by Gasteiger charge is -2.37. The van der Waals surface area contributed by atoms with Crippen molar-refractivity contribution in [2.75, 3.05) is 7.05 Å². The molecule has 84 valence electrons. The van der Waals surface area contributed by atoms with Gasteiger partial charge in [-0.2, -0.15) is 0 Å². The van der Waals surface area contributed by atoms with E-state index in [-0.39, 0.29) is 6.10 Å². The molecular formula is C12H25NO. The zero-order valence-electron chi connectivity index (χ0n) is 9.87. The minimum atomic E-state index is -0.165. The summed E-state index contributed by atoms with van der Waals surface area (Å²) in [7, 11) is 2.17. The van der Waals surface area contributed by atoms with E-state index in [1.807, 2.05) is 0 Å². The maximum absolute atomic E-state index is 9.79. The summed E-state index contributed by atoms with van der Waals surface area (Å²) in [5, 5.41) is 9.79. The first-order valence-corrected chi connectivity index (χ1v) is 6.06. The Balaban J connectivity index is 2.41. The van der Waals surface area contributed by atoms with E-state index in [0.29, 0.717) is 12.1 Å². The van der Waals surface area contributed by atoms with E-state index in [4.69, 9.17) is 0 Å². The highest BCUT2D eigenvalue weighted by atomic mass is 16.3. The number of aliphatic hydroxyl groups excluding tert-OH is 1. The molecule has 2 unspecified atom stereocenters. The van der Waals surface area contributed by atoms with Gasteiger partial charge >= 0.3 is 0 Å². The van der Waals surface area contributed by atoms with E-state index < -0.39 is 0 Å². The van der Waals surface area contributed by atoms with Gasteiger partial charge in [0.1, 0.15) is 0 Å². The summed E-state index contributed by atoms with van der Waals surface area (Å²) in [4.78, 5) is 2.38. The van der Waals surface area contributed by atoms with Crippen LogP contribution in [0, 0.1) is 0 Å². The van der Waals surface area contributed by atoms with Crippen molar-refractivity contribution in [3.05, 3.63) is 0 Å². The maximum atomic E-state index is 9.79. The molecule has 2 nitrogen and oxygen atoms in total. The second kappa shape index (κ2) is 5.72. The van der Waals surface area contributed by atoms with Gasteiger partial charge in [-0.05, 0) is 33.2 Å². The van der Waals surface area contributed by atoms with E-state index in [9.17, 15) is 5.11 Å². The SMILES string of the molecule is CCC(O)C(C)N(C)C1CCCCC1. The van der Waals surface area contributed by atoms with Crippen LogP contribution in [0.25, 0.3) is 0 Å². The third-order valence-corrected chi connectivity index (χ3v) is 3.77. The molecule has 1 N–H and O–H groups in total. The van der Waals surface area contributed by atoms with Gasteiger partial charge in [0.05, 0.1) is 6.10 Å². The molecule has 14 heavy (non-hydrogen) atoms. The monoisotopic (exact) mass is 199 g/mol. The topological polar surface area (TPSA) is 23.5 Å². The number of hydrogen-bond donors (Lipinski definition) is 1. The van der Waals surface area contributed by atoms with Crippen LogP contribution in [-0.2, 0) is 0 Å². The van der Waals surface area contributed by atoms with Gasteiger partial charge in [0.15, 0.2) is 0 Å². The van der Waals surface area contributed by atoms with Crippen LogP contribution in [0.2, 0.25) is 0 Å². The zero-order chi connectivity index (χ0) is 10.6. The molecule has 1 fully saturated rings. The molecule has 0 aromatic rings. The number of nitrogens with zero attached hydrogens (tertiary/aromatic N) is 1. The molecular weight excluding hydrogens is 174 g/mol. The molecule has 1 saturated carbocycles. The first-order chi connectivity index (χ1) is 6.66. The molecule has 0 aromatic carbocycles. The summed E-state index contributed by atoms with van der Waals surface area (Å²) in [6.45, 7) is 4.19. The smallest absolute Gasteiger partial charge is 0.0690 e. The Morgan fingerprint density at radius 3 is 2.36 bits per heavy atom. The summed E-state index contributed by atoms with van der Waals surface area (Å²) < 4.78 is 0. The predicted molar refractivity (Wildman–Crippen MR) is 60.4 cm³/mol. The Morgan fingerprint density at radius 1 is 1.29 bits per heavy atom. The van der Waals surface area contributed by atoms with Crippen LogP contribution >= 0.6 is 0 Å². The minimum absolute atomic E-state index is 0.165. The quantitative estimate of drug-likeness (QED) is 0.751. The number of likely N-dealkylation sites (N-methyl/N-ethyl adjacent to an activating group) is 1. The molecule has 0 amide bonds. The van der Waals surface area contributed by atoms with Gasteiger partial charge in [-0.1, -0.05) is 26.2 Å². The van der Waals surface area contributed by atoms with Crippen molar-refractivity contribution in [3.63, 3.8) is 0 Å². The molecule has 0 aromatic heterocycles. The number of aliphatic hydroxyl groups is 1. The predicted octanol–water partition coefficient (Wildman–Crippen LogP) is 2.41. The van der Waals surface area contributed by atoms with E-state index in [1.165, 1.54) is 32.1 Å². The second-order valence-corrected chi connectivity index (χ2v) is 4.67. The van der Waals surface area contributed by atoms with E-state index in [0.717, 1.165) is 6.42 Å². The Labute approximate surface area is 88.3 Å². The molecule has 1 rings (SSSR count). The van der Waals surface area contributed by atoms with Crippen LogP contribution < -0.4 is 0 Å². The lowest BCUT2D eigenvalue weighted by Crippen LogP contribution is -2.45. The van der Waals surface area contributed by atoms with Crippen LogP contribution in [0.4, 0.5) is 0 Å². The molecule has 1 aliphatic rings. The molecule has 2 heteroatoms. The lowest BCUT2D eigenvalue weighted by molar-refractivity contribution is 0.0377. The number of rotatable bonds is 4. The first kappa shape index (κ1) is 12.0. The van der Waals surface area contributed by atoms with Crippen LogP contribution in [0.3, 0.4) is 0 Å². The second-order valence-electron chi connectivity index (χ2n) is 4.67. The van der Waals surface area contributed by atoms with Crippen molar-refractivity contribution in [1.29, 1.82) is 0 Å². The Bertz CT molecular complexity index is 152. The van der Waals surface area contributed by atoms with E-state index in [1.54, 1.807) is 0 Å². The molecule has 1 aliphatic carbocycles. The Morgan fingerprint density at radius 2 is 1.86 bits per heavy atom. The fraction of sp³-hybridized carbons (Fsp3) is 1.00. The molecule has 0 saturated heterocycles. The molecule has 0 radical (unpaired) electrons. The summed E-state index contributed by atoms with van der Waals surface area (Å²) in [5.74, 6) is 0. The third-order valence-electron chi connectivity index (χ3n) is 3.77. The third kappa shape index (κ3) is 2.96. The van der Waals surface area contributed by atoms with E-state index in [2.05, 4.69) is 25.8 Å². The van der Waals surface area contributed by atoms with Crippen molar-refractivity contribution in [2.24, 2.45) is 0 Å².